The maximum atomic E-state index is 11.7. The largest absolute Gasteiger partial charge is 0.504 e. The number of phenols is 1. The fourth-order valence-electron chi connectivity index (χ4n) is 1.77. The van der Waals surface area contributed by atoms with Gasteiger partial charge in [-0.3, -0.25) is 4.79 Å². The summed E-state index contributed by atoms with van der Waals surface area (Å²) in [6.07, 6.45) is 1.46. The Balaban J connectivity index is 1.83. The Bertz CT molecular complexity index is 717. The predicted molar refractivity (Wildman–Crippen MR) is 94.6 cm³/mol. The third-order valence-corrected chi connectivity index (χ3v) is 3.40. The number of rotatable bonds is 7. The first-order chi connectivity index (χ1) is 11.6. The van der Waals surface area contributed by atoms with Gasteiger partial charge >= 0.3 is 0 Å². The average Bonchev–Trinajstić information content (AvgIpc) is 2.57. The first kappa shape index (κ1) is 17.8. The van der Waals surface area contributed by atoms with Crippen molar-refractivity contribution < 1.29 is 19.4 Å². The molecular weight excluding hydrogens is 376 g/mol. The minimum absolute atomic E-state index is 0.0564. The number of hydrogen-bond donors (Lipinski definition) is 2. The Morgan fingerprint density at radius 3 is 2.71 bits per heavy atom. The zero-order chi connectivity index (χ0) is 17.4. The van der Waals surface area contributed by atoms with E-state index in [1.165, 1.54) is 12.3 Å². The van der Waals surface area contributed by atoms with Crippen LogP contribution >= 0.6 is 15.9 Å². The Morgan fingerprint density at radius 1 is 1.25 bits per heavy atom. The van der Waals surface area contributed by atoms with E-state index >= 15 is 0 Å². The number of phenolic OH excluding ortho intramolecular Hbond substituents is 1. The van der Waals surface area contributed by atoms with Crippen molar-refractivity contribution in [3.63, 3.8) is 0 Å². The molecular formula is C17H17BrN2O4. The summed E-state index contributed by atoms with van der Waals surface area (Å²) in [7, 11) is 0. The predicted octanol–water partition coefficient (Wildman–Crippen LogP) is 3.08. The Hall–Kier alpha value is -2.54. The number of nitrogens with one attached hydrogen (secondary N) is 1. The molecule has 6 nitrogen and oxygen atoms in total. The lowest BCUT2D eigenvalue weighted by Gasteiger charge is -2.06. The molecule has 0 bridgehead atoms. The molecule has 0 spiro atoms. The average molecular weight is 393 g/mol. The fraction of sp³-hybridized carbons (Fsp3) is 0.176. The molecule has 0 aliphatic carbocycles. The van der Waals surface area contributed by atoms with E-state index in [2.05, 4.69) is 26.5 Å². The zero-order valence-electron chi connectivity index (χ0n) is 13.0. The number of hydrogen-bond acceptors (Lipinski definition) is 5. The van der Waals surface area contributed by atoms with E-state index in [-0.39, 0.29) is 18.3 Å². The van der Waals surface area contributed by atoms with Crippen molar-refractivity contribution in [3.05, 3.63) is 52.5 Å². The molecule has 0 radical (unpaired) electrons. The number of carbonyl (C=O) groups excluding carboxylic acids is 1. The third kappa shape index (κ3) is 5.58. The Kier molecular flexibility index (Phi) is 6.62. The molecule has 24 heavy (non-hydrogen) atoms. The van der Waals surface area contributed by atoms with Gasteiger partial charge in [-0.15, -0.1) is 0 Å². The number of carbonyl (C=O) groups is 1. The van der Waals surface area contributed by atoms with E-state index in [1.807, 2.05) is 19.1 Å². The number of nitrogens with zero attached hydrogens (tertiary/aromatic N) is 1. The maximum Gasteiger partial charge on any atom is 0.277 e. The summed E-state index contributed by atoms with van der Waals surface area (Å²) >= 11 is 3.32. The van der Waals surface area contributed by atoms with Crippen LogP contribution in [0.25, 0.3) is 0 Å². The van der Waals surface area contributed by atoms with Gasteiger partial charge in [-0.2, -0.15) is 5.10 Å². The zero-order valence-corrected chi connectivity index (χ0v) is 14.6. The summed E-state index contributed by atoms with van der Waals surface area (Å²) in [6, 6.07) is 12.0. The topological polar surface area (TPSA) is 80.2 Å². The van der Waals surface area contributed by atoms with Crippen LogP contribution in [0.2, 0.25) is 0 Å². The SMILES string of the molecule is CCOc1cc(/C=N\NC(=O)COc2ccc(Br)cc2)ccc1O. The molecule has 126 valence electrons. The standard InChI is InChI=1S/C17H17BrN2O4/c1-2-23-16-9-12(3-8-15(16)21)10-19-20-17(22)11-24-14-6-4-13(18)5-7-14/h3-10,21H,2,11H2,1H3,(H,20,22)/b19-10-. The number of benzene rings is 2. The van der Waals surface area contributed by atoms with Gasteiger partial charge in [0.05, 0.1) is 12.8 Å². The second kappa shape index (κ2) is 8.93. The van der Waals surface area contributed by atoms with Gasteiger partial charge < -0.3 is 14.6 Å². The molecule has 2 rings (SSSR count). The van der Waals surface area contributed by atoms with Gasteiger partial charge in [0.1, 0.15) is 5.75 Å². The molecule has 0 saturated heterocycles. The van der Waals surface area contributed by atoms with Crippen molar-refractivity contribution >= 4 is 28.1 Å². The van der Waals surface area contributed by atoms with Crippen LogP contribution < -0.4 is 14.9 Å². The second-order valence-electron chi connectivity index (χ2n) is 4.70. The molecule has 0 saturated carbocycles. The van der Waals surface area contributed by atoms with Crippen molar-refractivity contribution in [2.24, 2.45) is 5.10 Å². The van der Waals surface area contributed by atoms with Gasteiger partial charge in [-0.25, -0.2) is 5.43 Å². The van der Waals surface area contributed by atoms with E-state index in [4.69, 9.17) is 9.47 Å². The first-order valence-corrected chi connectivity index (χ1v) is 8.04. The lowest BCUT2D eigenvalue weighted by Crippen LogP contribution is -2.24. The highest BCUT2D eigenvalue weighted by Crippen LogP contribution is 2.26. The highest BCUT2D eigenvalue weighted by atomic mass is 79.9. The van der Waals surface area contributed by atoms with Crippen LogP contribution in [-0.2, 0) is 4.79 Å². The van der Waals surface area contributed by atoms with E-state index in [9.17, 15) is 9.90 Å². The van der Waals surface area contributed by atoms with Crippen LogP contribution in [0.3, 0.4) is 0 Å². The lowest BCUT2D eigenvalue weighted by atomic mass is 10.2. The molecule has 2 aromatic carbocycles. The number of halogens is 1. The number of amides is 1. The van der Waals surface area contributed by atoms with Crippen LogP contribution in [-0.4, -0.2) is 30.4 Å². The summed E-state index contributed by atoms with van der Waals surface area (Å²) < 4.78 is 11.5. The monoisotopic (exact) mass is 392 g/mol. The summed E-state index contributed by atoms with van der Waals surface area (Å²) in [6.45, 7) is 2.13. The third-order valence-electron chi connectivity index (χ3n) is 2.87. The van der Waals surface area contributed by atoms with Gasteiger partial charge in [0.2, 0.25) is 0 Å². The van der Waals surface area contributed by atoms with Crippen molar-refractivity contribution in [1.82, 2.24) is 5.43 Å². The smallest absolute Gasteiger partial charge is 0.277 e. The molecule has 0 aliphatic rings. The summed E-state index contributed by atoms with van der Waals surface area (Å²) in [5.41, 5.74) is 3.06. The molecule has 1 amide bonds. The summed E-state index contributed by atoms with van der Waals surface area (Å²) in [5, 5.41) is 13.5. The van der Waals surface area contributed by atoms with Crippen LogP contribution in [0.1, 0.15) is 12.5 Å². The van der Waals surface area contributed by atoms with E-state index in [1.54, 1.807) is 24.3 Å². The second-order valence-corrected chi connectivity index (χ2v) is 5.61. The lowest BCUT2D eigenvalue weighted by molar-refractivity contribution is -0.123. The van der Waals surface area contributed by atoms with Crippen molar-refractivity contribution in [2.75, 3.05) is 13.2 Å². The van der Waals surface area contributed by atoms with Gasteiger partial charge in [0, 0.05) is 4.47 Å². The highest BCUT2D eigenvalue weighted by Gasteiger charge is 2.03. The van der Waals surface area contributed by atoms with Gasteiger partial charge in [-0.1, -0.05) is 15.9 Å². The number of ether oxygens (including phenoxy) is 2. The molecule has 0 unspecified atom stereocenters. The van der Waals surface area contributed by atoms with Gasteiger partial charge in [0.25, 0.3) is 5.91 Å². The van der Waals surface area contributed by atoms with Crippen molar-refractivity contribution in [1.29, 1.82) is 0 Å². The molecule has 0 heterocycles. The van der Waals surface area contributed by atoms with Gasteiger partial charge in [0.15, 0.2) is 18.1 Å². The summed E-state index contributed by atoms with van der Waals surface area (Å²) in [4.78, 5) is 11.7. The molecule has 2 N–H and O–H groups in total. The quantitative estimate of drug-likeness (QED) is 0.560. The van der Waals surface area contributed by atoms with Crippen LogP contribution in [0, 0.1) is 0 Å². The molecule has 0 aromatic heterocycles. The van der Waals surface area contributed by atoms with E-state index in [0.717, 1.165) is 4.47 Å². The van der Waals surface area contributed by atoms with Crippen LogP contribution in [0.15, 0.2) is 52.0 Å². The van der Waals surface area contributed by atoms with E-state index < -0.39 is 0 Å². The normalized spacial score (nSPS) is 10.6. The molecule has 7 heteroatoms. The Labute approximate surface area is 148 Å². The van der Waals surface area contributed by atoms with Crippen molar-refractivity contribution in [2.45, 2.75) is 6.92 Å². The first-order valence-electron chi connectivity index (χ1n) is 7.24. The van der Waals surface area contributed by atoms with Crippen LogP contribution in [0.4, 0.5) is 0 Å². The number of hydrazone groups is 1. The van der Waals surface area contributed by atoms with Crippen molar-refractivity contribution in [3.8, 4) is 17.2 Å². The number of aromatic hydroxyl groups is 1. The minimum atomic E-state index is -0.377. The van der Waals surface area contributed by atoms with Crippen LogP contribution in [0.5, 0.6) is 17.2 Å². The van der Waals surface area contributed by atoms with E-state index in [0.29, 0.717) is 23.7 Å². The Morgan fingerprint density at radius 2 is 2.00 bits per heavy atom. The molecule has 0 aliphatic heterocycles. The molecule has 0 fully saturated rings. The van der Waals surface area contributed by atoms with Gasteiger partial charge in [-0.05, 0) is 55.0 Å². The summed E-state index contributed by atoms with van der Waals surface area (Å²) in [5.74, 6) is 0.641. The minimum Gasteiger partial charge on any atom is -0.504 e. The highest BCUT2D eigenvalue weighted by molar-refractivity contribution is 9.10. The molecule has 2 aromatic rings. The molecule has 0 atom stereocenters. The maximum absolute atomic E-state index is 11.7. The fourth-order valence-corrected chi connectivity index (χ4v) is 2.04.